The zero-order chi connectivity index (χ0) is 15.1. The molecule has 1 heterocycles. The van der Waals surface area contributed by atoms with Crippen molar-refractivity contribution >= 4 is 23.8 Å². The van der Waals surface area contributed by atoms with Crippen LogP contribution in [-0.4, -0.2) is 15.3 Å². The van der Waals surface area contributed by atoms with Crippen LogP contribution in [0.4, 0.5) is 0 Å². The number of hydrogen-bond acceptors (Lipinski definition) is 2. The van der Waals surface area contributed by atoms with Gasteiger partial charge in [-0.25, -0.2) is 4.98 Å². The van der Waals surface area contributed by atoms with Crippen molar-refractivity contribution in [2.45, 2.75) is 18.7 Å². The lowest BCUT2D eigenvalue weighted by atomic mass is 10.1. The molecule has 0 fully saturated rings. The monoisotopic (exact) mass is 295 g/mol. The number of aromatic nitrogens is 2. The third-order valence-electron chi connectivity index (χ3n) is 2.74. The van der Waals surface area contributed by atoms with Gasteiger partial charge in [0.1, 0.15) is 0 Å². The van der Waals surface area contributed by atoms with Gasteiger partial charge in [0.25, 0.3) is 0 Å². The van der Waals surface area contributed by atoms with E-state index in [9.17, 15) is 0 Å². The van der Waals surface area contributed by atoms with E-state index >= 15 is 0 Å². The van der Waals surface area contributed by atoms with E-state index in [0.29, 0.717) is 12.0 Å². The molecule has 0 radical (unpaired) electrons. The lowest BCUT2D eigenvalue weighted by Crippen LogP contribution is -2.25. The number of nitriles is 1. The number of nitrogens with zero attached hydrogens (tertiary/aromatic N) is 2. The Morgan fingerprint density at radius 1 is 1.33 bits per heavy atom. The van der Waals surface area contributed by atoms with Gasteiger partial charge in [-0.05, 0) is 43.3 Å². The van der Waals surface area contributed by atoms with Crippen LogP contribution in [0.25, 0.3) is 12.2 Å². The quantitative estimate of drug-likeness (QED) is 0.680. The number of aromatic amines is 1. The van der Waals surface area contributed by atoms with Crippen molar-refractivity contribution in [3.8, 4) is 17.9 Å². The molecule has 4 heteroatoms. The molecule has 21 heavy (non-hydrogen) atoms. The van der Waals surface area contributed by atoms with Crippen LogP contribution in [0.5, 0.6) is 0 Å². The smallest absolute Gasteiger partial charge is 0.0991 e. The van der Waals surface area contributed by atoms with Gasteiger partial charge in [-0.15, -0.1) is 11.6 Å². The molecule has 0 saturated carbocycles. The van der Waals surface area contributed by atoms with E-state index in [4.69, 9.17) is 16.9 Å². The van der Waals surface area contributed by atoms with Crippen molar-refractivity contribution in [2.24, 2.45) is 0 Å². The van der Waals surface area contributed by atoms with Crippen LogP contribution in [0.1, 0.15) is 24.5 Å². The summed E-state index contributed by atoms with van der Waals surface area (Å²) in [6.45, 7) is 1.90. The molecule has 104 valence electrons. The highest BCUT2D eigenvalue weighted by Crippen LogP contribution is 2.01. The fraction of sp³-hybridized carbons (Fsp3) is 0.176. The number of alkyl halides is 1. The lowest BCUT2D eigenvalue weighted by Gasteiger charge is -1.89. The first-order valence-corrected chi connectivity index (χ1v) is 6.97. The largest absolute Gasteiger partial charge is 0.345 e. The molecule has 0 aliphatic heterocycles. The number of halogens is 1. The fourth-order valence-electron chi connectivity index (χ4n) is 1.77. The molecule has 1 aromatic carbocycles. The van der Waals surface area contributed by atoms with E-state index in [1.54, 1.807) is 18.5 Å². The minimum atomic E-state index is -0.0534. The van der Waals surface area contributed by atoms with E-state index in [2.05, 4.69) is 27.9 Å². The number of benzene rings is 1. The topological polar surface area (TPSA) is 52.5 Å². The standard InChI is InChI=1S/C17H14ClN3/c1-13(18)10-17-16(20-12-21-17)5-3-2-4-14-6-8-15(11-19)9-7-14/h5-10,12-13H,3H2,1H3,(H,20,21)/b16-5+,17-10+. The Hall–Kier alpha value is -2.49. The maximum Gasteiger partial charge on any atom is 0.0991 e. The van der Waals surface area contributed by atoms with Crippen molar-refractivity contribution in [3.63, 3.8) is 0 Å². The highest BCUT2D eigenvalue weighted by molar-refractivity contribution is 6.23. The second-order valence-corrected chi connectivity index (χ2v) is 5.13. The summed E-state index contributed by atoms with van der Waals surface area (Å²) in [6, 6.07) is 9.29. The van der Waals surface area contributed by atoms with Crippen LogP contribution in [-0.2, 0) is 0 Å². The third-order valence-corrected chi connectivity index (χ3v) is 2.87. The maximum atomic E-state index is 8.72. The zero-order valence-electron chi connectivity index (χ0n) is 11.6. The zero-order valence-corrected chi connectivity index (χ0v) is 12.4. The van der Waals surface area contributed by atoms with Crippen molar-refractivity contribution in [1.29, 1.82) is 5.26 Å². The second-order valence-electron chi connectivity index (χ2n) is 4.44. The van der Waals surface area contributed by atoms with Gasteiger partial charge in [0.15, 0.2) is 0 Å². The van der Waals surface area contributed by atoms with Gasteiger partial charge in [0.05, 0.1) is 34.0 Å². The van der Waals surface area contributed by atoms with Crippen LogP contribution in [0.2, 0.25) is 0 Å². The number of H-pyrrole nitrogens is 1. The summed E-state index contributed by atoms with van der Waals surface area (Å²) in [5, 5.41) is 10.4. The highest BCUT2D eigenvalue weighted by Gasteiger charge is 1.92. The fourth-order valence-corrected chi connectivity index (χ4v) is 1.90. The summed E-state index contributed by atoms with van der Waals surface area (Å²) < 4.78 is 0. The summed E-state index contributed by atoms with van der Waals surface area (Å²) in [4.78, 5) is 7.28. The van der Waals surface area contributed by atoms with Crippen LogP contribution >= 0.6 is 11.6 Å². The molecule has 3 nitrogen and oxygen atoms in total. The van der Waals surface area contributed by atoms with E-state index in [1.165, 1.54) is 0 Å². The van der Waals surface area contributed by atoms with Crippen LogP contribution < -0.4 is 10.7 Å². The molecule has 0 saturated heterocycles. The van der Waals surface area contributed by atoms with Crippen LogP contribution in [0.3, 0.4) is 0 Å². The Morgan fingerprint density at radius 3 is 2.71 bits per heavy atom. The molecule has 1 aromatic heterocycles. The van der Waals surface area contributed by atoms with Gasteiger partial charge >= 0.3 is 0 Å². The average Bonchev–Trinajstić information content (AvgIpc) is 2.91. The minimum absolute atomic E-state index is 0.0534. The number of imidazole rings is 1. The summed E-state index contributed by atoms with van der Waals surface area (Å²) in [7, 11) is 0. The molecule has 2 aromatic rings. The van der Waals surface area contributed by atoms with E-state index in [1.807, 2.05) is 31.2 Å². The molecule has 2 rings (SSSR count). The third kappa shape index (κ3) is 4.53. The molecule has 1 N–H and O–H groups in total. The lowest BCUT2D eigenvalue weighted by molar-refractivity contribution is 1.23. The number of rotatable bonds is 2. The first kappa shape index (κ1) is 14.9. The number of hydrogen-bond donors (Lipinski definition) is 1. The normalized spacial score (nSPS) is 13.4. The van der Waals surface area contributed by atoms with Crippen molar-refractivity contribution in [3.05, 3.63) is 52.4 Å². The van der Waals surface area contributed by atoms with Gasteiger partial charge in [0, 0.05) is 12.0 Å². The molecular weight excluding hydrogens is 282 g/mol. The Bertz CT molecular complexity index is 812. The molecule has 0 bridgehead atoms. The molecular formula is C17H14ClN3. The summed E-state index contributed by atoms with van der Waals surface area (Å²) in [5.41, 5.74) is 1.53. The highest BCUT2D eigenvalue weighted by atomic mass is 35.5. The average molecular weight is 296 g/mol. The molecule has 1 unspecified atom stereocenters. The predicted octanol–water partition coefficient (Wildman–Crippen LogP) is 1.91. The van der Waals surface area contributed by atoms with Gasteiger partial charge in [0.2, 0.25) is 0 Å². The van der Waals surface area contributed by atoms with Gasteiger partial charge in [-0.2, -0.15) is 5.26 Å². The molecule has 0 aliphatic carbocycles. The van der Waals surface area contributed by atoms with E-state index in [-0.39, 0.29) is 5.38 Å². The van der Waals surface area contributed by atoms with Crippen LogP contribution in [0, 0.1) is 23.2 Å². The van der Waals surface area contributed by atoms with E-state index < -0.39 is 0 Å². The molecule has 0 amide bonds. The number of nitrogens with one attached hydrogen (secondary N) is 1. The van der Waals surface area contributed by atoms with Gasteiger partial charge < -0.3 is 4.98 Å². The maximum absolute atomic E-state index is 8.72. The van der Waals surface area contributed by atoms with Gasteiger partial charge in [-0.3, -0.25) is 0 Å². The van der Waals surface area contributed by atoms with Gasteiger partial charge in [-0.1, -0.05) is 11.8 Å². The van der Waals surface area contributed by atoms with E-state index in [0.717, 1.165) is 16.3 Å². The molecule has 0 spiro atoms. The summed E-state index contributed by atoms with van der Waals surface area (Å²) in [6.07, 6.45) is 6.11. The van der Waals surface area contributed by atoms with Crippen molar-refractivity contribution in [1.82, 2.24) is 9.97 Å². The van der Waals surface area contributed by atoms with Crippen molar-refractivity contribution in [2.75, 3.05) is 0 Å². The Kier molecular flexibility index (Phi) is 5.21. The second kappa shape index (κ2) is 7.33. The first-order chi connectivity index (χ1) is 10.2. The minimum Gasteiger partial charge on any atom is -0.345 e. The first-order valence-electron chi connectivity index (χ1n) is 6.53. The Labute approximate surface area is 128 Å². The Morgan fingerprint density at radius 2 is 2.05 bits per heavy atom. The molecule has 0 aliphatic rings. The van der Waals surface area contributed by atoms with Crippen molar-refractivity contribution < 1.29 is 0 Å². The predicted molar refractivity (Wildman–Crippen MR) is 84.7 cm³/mol. The Balaban J connectivity index is 2.11. The SMILES string of the molecule is CC(Cl)/C=c1/[nH]cn/c1=C/CC#Cc1ccc(C#N)cc1. The molecule has 1 atom stereocenters. The summed E-state index contributed by atoms with van der Waals surface area (Å²) >= 11 is 5.94. The van der Waals surface area contributed by atoms with Crippen LogP contribution in [0.15, 0.2) is 30.6 Å². The summed E-state index contributed by atoms with van der Waals surface area (Å²) in [5.74, 6) is 6.12.